The number of aryl methyl sites for hydroxylation is 2. The van der Waals surface area contributed by atoms with E-state index in [0.29, 0.717) is 22.4 Å². The summed E-state index contributed by atoms with van der Waals surface area (Å²) in [5.41, 5.74) is 2.80. The van der Waals surface area contributed by atoms with Gasteiger partial charge in [-0.05, 0) is 44.4 Å². The van der Waals surface area contributed by atoms with Gasteiger partial charge in [-0.2, -0.15) is 0 Å². The standard InChI is InChI=1S/C19H20FN3O3.C2H6/c1-3-26-19(25)17(16-15-5-4-6-22(15)10-21-16)23-9-13-12(18(23)24)7-11(2)8-14(13)20;1-2/h7-8,10,17H,3-6,9H2,1-2H3;1-2H3. The lowest BCUT2D eigenvalue weighted by molar-refractivity contribution is -0.149. The Balaban J connectivity index is 0.00000109. The van der Waals surface area contributed by atoms with Gasteiger partial charge in [0.1, 0.15) is 5.82 Å². The van der Waals surface area contributed by atoms with Gasteiger partial charge in [0.2, 0.25) is 0 Å². The number of amides is 1. The van der Waals surface area contributed by atoms with Crippen LogP contribution < -0.4 is 0 Å². The van der Waals surface area contributed by atoms with Gasteiger partial charge < -0.3 is 14.2 Å². The number of carbonyl (C=O) groups is 2. The lowest BCUT2D eigenvalue weighted by Crippen LogP contribution is -2.36. The first-order chi connectivity index (χ1) is 13.5. The van der Waals surface area contributed by atoms with Crippen molar-refractivity contribution in [3.63, 3.8) is 0 Å². The molecule has 1 aromatic carbocycles. The summed E-state index contributed by atoms with van der Waals surface area (Å²) < 4.78 is 21.6. The first-order valence-electron chi connectivity index (χ1n) is 9.81. The number of esters is 1. The molecule has 0 spiro atoms. The molecule has 0 saturated carbocycles. The van der Waals surface area contributed by atoms with Gasteiger partial charge in [-0.1, -0.05) is 13.8 Å². The number of ether oxygens (including phenoxy) is 1. The summed E-state index contributed by atoms with van der Waals surface area (Å²) in [5, 5.41) is 0. The lowest BCUT2D eigenvalue weighted by Gasteiger charge is -2.25. The van der Waals surface area contributed by atoms with Crippen LogP contribution in [0.1, 0.15) is 66.1 Å². The highest BCUT2D eigenvalue weighted by Crippen LogP contribution is 2.36. The molecule has 0 fully saturated rings. The minimum Gasteiger partial charge on any atom is -0.464 e. The van der Waals surface area contributed by atoms with Crippen LogP contribution in [0, 0.1) is 12.7 Å². The van der Waals surface area contributed by atoms with E-state index in [-0.39, 0.29) is 19.1 Å². The fraction of sp³-hybridized carbons (Fsp3) is 0.476. The molecule has 1 amide bonds. The average molecular weight is 387 g/mol. The van der Waals surface area contributed by atoms with E-state index >= 15 is 0 Å². The molecule has 0 N–H and O–H groups in total. The molecule has 0 radical (unpaired) electrons. The molecule has 4 rings (SSSR count). The smallest absolute Gasteiger partial charge is 0.335 e. The maximum atomic E-state index is 14.4. The number of nitrogens with zero attached hydrogens (tertiary/aromatic N) is 3. The van der Waals surface area contributed by atoms with Crippen molar-refractivity contribution < 1.29 is 18.7 Å². The van der Waals surface area contributed by atoms with Gasteiger partial charge >= 0.3 is 5.97 Å². The molecule has 7 heteroatoms. The summed E-state index contributed by atoms with van der Waals surface area (Å²) in [4.78, 5) is 31.5. The van der Waals surface area contributed by atoms with E-state index in [2.05, 4.69) is 4.98 Å². The maximum Gasteiger partial charge on any atom is 0.335 e. The van der Waals surface area contributed by atoms with Crippen molar-refractivity contribution in [3.05, 3.63) is 52.4 Å². The van der Waals surface area contributed by atoms with E-state index in [0.717, 1.165) is 25.1 Å². The van der Waals surface area contributed by atoms with Crippen molar-refractivity contribution in [2.75, 3.05) is 6.61 Å². The molecule has 0 bridgehead atoms. The van der Waals surface area contributed by atoms with E-state index < -0.39 is 17.8 Å². The molecule has 1 atom stereocenters. The van der Waals surface area contributed by atoms with Crippen molar-refractivity contribution >= 4 is 11.9 Å². The van der Waals surface area contributed by atoms with Crippen LogP contribution in [0.4, 0.5) is 4.39 Å². The van der Waals surface area contributed by atoms with Gasteiger partial charge in [-0.25, -0.2) is 14.2 Å². The molecule has 2 aliphatic rings. The molecular weight excluding hydrogens is 361 g/mol. The topological polar surface area (TPSA) is 64.4 Å². The lowest BCUT2D eigenvalue weighted by atomic mass is 10.1. The Labute approximate surface area is 164 Å². The molecule has 1 unspecified atom stereocenters. The normalized spacial score (nSPS) is 15.6. The Morgan fingerprint density at radius 1 is 1.36 bits per heavy atom. The SMILES string of the molecule is CC.CCOC(=O)C(c1ncn2c1CCC2)N1Cc2c(F)cc(C)cc2C1=O. The first kappa shape index (κ1) is 20.0. The zero-order valence-electron chi connectivity index (χ0n) is 16.8. The van der Waals surface area contributed by atoms with Gasteiger partial charge in [-0.15, -0.1) is 0 Å². The Kier molecular flexibility index (Phi) is 5.82. The molecule has 6 nitrogen and oxygen atoms in total. The summed E-state index contributed by atoms with van der Waals surface area (Å²) in [7, 11) is 0. The van der Waals surface area contributed by atoms with Crippen molar-refractivity contribution in [1.29, 1.82) is 0 Å². The highest BCUT2D eigenvalue weighted by Gasteiger charge is 2.42. The van der Waals surface area contributed by atoms with Crippen molar-refractivity contribution in [2.24, 2.45) is 0 Å². The van der Waals surface area contributed by atoms with Crippen LogP contribution in [0.2, 0.25) is 0 Å². The van der Waals surface area contributed by atoms with Gasteiger partial charge in [0, 0.05) is 23.4 Å². The number of aromatic nitrogens is 2. The first-order valence-corrected chi connectivity index (χ1v) is 9.81. The number of imidazole rings is 1. The van der Waals surface area contributed by atoms with Gasteiger partial charge in [0.05, 0.1) is 25.2 Å². The van der Waals surface area contributed by atoms with Crippen LogP contribution in [0.5, 0.6) is 0 Å². The number of halogens is 1. The second kappa shape index (κ2) is 8.12. The van der Waals surface area contributed by atoms with Crippen LogP contribution in [0.15, 0.2) is 18.5 Å². The minimum atomic E-state index is -0.955. The third-order valence-electron chi connectivity index (χ3n) is 5.03. The van der Waals surface area contributed by atoms with Crippen molar-refractivity contribution in [3.8, 4) is 0 Å². The molecule has 2 aromatic rings. The number of hydrogen-bond donors (Lipinski definition) is 0. The summed E-state index contributed by atoms with van der Waals surface area (Å²) in [6.45, 7) is 8.55. The highest BCUT2D eigenvalue weighted by atomic mass is 19.1. The summed E-state index contributed by atoms with van der Waals surface area (Å²) in [5.74, 6) is -1.31. The summed E-state index contributed by atoms with van der Waals surface area (Å²) in [6.07, 6.45) is 3.47. The largest absolute Gasteiger partial charge is 0.464 e. The molecule has 28 heavy (non-hydrogen) atoms. The number of hydrogen-bond acceptors (Lipinski definition) is 4. The minimum absolute atomic E-state index is 0.0378. The van der Waals surface area contributed by atoms with Crippen LogP contribution in [0.3, 0.4) is 0 Å². The third kappa shape index (κ3) is 3.30. The van der Waals surface area contributed by atoms with Crippen molar-refractivity contribution in [2.45, 2.75) is 59.7 Å². The van der Waals surface area contributed by atoms with Crippen molar-refractivity contribution in [1.82, 2.24) is 14.5 Å². The monoisotopic (exact) mass is 387 g/mol. The summed E-state index contributed by atoms with van der Waals surface area (Å²) in [6, 6.07) is 2.12. The van der Waals surface area contributed by atoms with E-state index in [1.165, 1.54) is 11.0 Å². The van der Waals surface area contributed by atoms with Gasteiger partial charge in [-0.3, -0.25) is 4.79 Å². The quantitative estimate of drug-likeness (QED) is 0.753. The zero-order chi connectivity index (χ0) is 20.4. The Morgan fingerprint density at radius 3 is 2.82 bits per heavy atom. The van der Waals surface area contributed by atoms with Gasteiger partial charge in [0.15, 0.2) is 6.04 Å². The number of rotatable bonds is 4. The fourth-order valence-electron chi connectivity index (χ4n) is 3.87. The van der Waals surface area contributed by atoms with E-state index in [1.807, 2.05) is 18.4 Å². The average Bonchev–Trinajstić information content (AvgIpc) is 3.35. The highest BCUT2D eigenvalue weighted by molar-refractivity contribution is 6.01. The molecule has 1 aromatic heterocycles. The number of benzene rings is 1. The van der Waals surface area contributed by atoms with Crippen LogP contribution in [-0.2, 0) is 29.0 Å². The van der Waals surface area contributed by atoms with Gasteiger partial charge in [0.25, 0.3) is 5.91 Å². The second-order valence-electron chi connectivity index (χ2n) is 6.73. The Bertz CT molecular complexity index is 907. The summed E-state index contributed by atoms with van der Waals surface area (Å²) >= 11 is 0. The third-order valence-corrected chi connectivity index (χ3v) is 5.03. The predicted octanol–water partition coefficient (Wildman–Crippen LogP) is 3.56. The molecule has 2 aliphatic heterocycles. The Hall–Kier alpha value is -2.70. The Morgan fingerprint density at radius 2 is 2.11 bits per heavy atom. The van der Waals surface area contributed by atoms with E-state index in [1.54, 1.807) is 26.2 Å². The molecular formula is C21H26FN3O3. The van der Waals surface area contributed by atoms with Crippen LogP contribution >= 0.6 is 0 Å². The van der Waals surface area contributed by atoms with Crippen LogP contribution in [-0.4, -0.2) is 32.9 Å². The second-order valence-corrected chi connectivity index (χ2v) is 6.73. The number of carbonyl (C=O) groups excluding carboxylic acids is 2. The molecule has 150 valence electrons. The number of fused-ring (bicyclic) bond motifs is 2. The molecule has 3 heterocycles. The zero-order valence-corrected chi connectivity index (χ0v) is 16.8. The predicted molar refractivity (Wildman–Crippen MR) is 102 cm³/mol. The fourth-order valence-corrected chi connectivity index (χ4v) is 3.87. The van der Waals surface area contributed by atoms with Crippen LogP contribution in [0.25, 0.3) is 0 Å². The van der Waals surface area contributed by atoms with E-state index in [4.69, 9.17) is 4.74 Å². The maximum absolute atomic E-state index is 14.4. The molecule has 0 saturated heterocycles. The van der Waals surface area contributed by atoms with E-state index in [9.17, 15) is 14.0 Å². The molecule has 0 aliphatic carbocycles.